The number of carbonyl (C=O) groups excluding carboxylic acids is 1. The van der Waals surface area contributed by atoms with Crippen molar-refractivity contribution in [3.05, 3.63) is 50.4 Å². The van der Waals surface area contributed by atoms with Gasteiger partial charge >= 0.3 is 0 Å². The number of aromatic nitrogens is 1. The van der Waals surface area contributed by atoms with Crippen LogP contribution in [0.15, 0.2) is 24.3 Å². The van der Waals surface area contributed by atoms with E-state index in [-0.39, 0.29) is 5.91 Å². The molecule has 0 aliphatic heterocycles. The second-order valence-corrected chi connectivity index (χ2v) is 5.60. The number of carbonyl (C=O) groups is 1. The molecule has 1 N–H and O–H groups in total. The summed E-state index contributed by atoms with van der Waals surface area (Å²) in [5, 5.41) is 4.45. The van der Waals surface area contributed by atoms with Crippen molar-refractivity contribution in [1.29, 1.82) is 0 Å². The van der Waals surface area contributed by atoms with Gasteiger partial charge < -0.3 is 5.32 Å². The van der Waals surface area contributed by atoms with Crippen LogP contribution in [-0.4, -0.2) is 10.9 Å². The number of thiazole rings is 1. The molecule has 0 bridgehead atoms. The molecule has 1 heterocycles. The molecule has 1 aromatic carbocycles. The molecule has 0 saturated carbocycles. The molecule has 2 aromatic rings. The van der Waals surface area contributed by atoms with Gasteiger partial charge in [-0.25, -0.2) is 4.98 Å². The largest absolute Gasteiger partial charge is 0.347 e. The lowest BCUT2D eigenvalue weighted by atomic mass is 10.2. The minimum Gasteiger partial charge on any atom is -0.347 e. The van der Waals surface area contributed by atoms with E-state index in [0.717, 1.165) is 16.3 Å². The molecule has 18 heavy (non-hydrogen) atoms. The highest BCUT2D eigenvalue weighted by Crippen LogP contribution is 2.17. The van der Waals surface area contributed by atoms with E-state index < -0.39 is 0 Å². The summed E-state index contributed by atoms with van der Waals surface area (Å²) in [4.78, 5) is 16.9. The molecule has 1 amide bonds. The van der Waals surface area contributed by atoms with Crippen molar-refractivity contribution in [2.75, 3.05) is 0 Å². The molecule has 0 aliphatic carbocycles. The van der Waals surface area contributed by atoms with E-state index in [9.17, 15) is 4.79 Å². The summed E-state index contributed by atoms with van der Waals surface area (Å²) in [5.74, 6) is -0.0851. The normalized spacial score (nSPS) is 10.4. The van der Waals surface area contributed by atoms with E-state index in [0.29, 0.717) is 16.4 Å². The zero-order chi connectivity index (χ0) is 13.1. The summed E-state index contributed by atoms with van der Waals surface area (Å²) in [6.45, 7) is 4.21. The van der Waals surface area contributed by atoms with Gasteiger partial charge in [-0.2, -0.15) is 0 Å². The highest BCUT2D eigenvalue weighted by molar-refractivity contribution is 7.13. The van der Waals surface area contributed by atoms with Crippen LogP contribution in [0.2, 0.25) is 5.02 Å². The number of nitrogens with zero attached hydrogens (tertiary/aromatic N) is 1. The van der Waals surface area contributed by atoms with E-state index in [1.165, 1.54) is 11.3 Å². The molecule has 0 aliphatic rings. The van der Waals surface area contributed by atoms with Gasteiger partial charge in [0.05, 0.1) is 10.7 Å². The molecule has 3 nitrogen and oxygen atoms in total. The van der Waals surface area contributed by atoms with Crippen molar-refractivity contribution >= 4 is 28.8 Å². The number of amides is 1. The monoisotopic (exact) mass is 280 g/mol. The van der Waals surface area contributed by atoms with Crippen LogP contribution < -0.4 is 5.32 Å². The molecule has 0 unspecified atom stereocenters. The molecule has 94 valence electrons. The van der Waals surface area contributed by atoms with Crippen LogP contribution in [0.3, 0.4) is 0 Å². The van der Waals surface area contributed by atoms with Gasteiger partial charge in [-0.05, 0) is 31.5 Å². The molecule has 0 saturated heterocycles. The third-order valence-corrected chi connectivity index (χ3v) is 3.76. The van der Waals surface area contributed by atoms with Crippen LogP contribution in [0.25, 0.3) is 0 Å². The second kappa shape index (κ2) is 5.50. The second-order valence-electron chi connectivity index (χ2n) is 3.96. The highest BCUT2D eigenvalue weighted by atomic mass is 35.5. The fourth-order valence-electron chi connectivity index (χ4n) is 1.65. The average molecular weight is 281 g/mol. The number of rotatable bonds is 3. The summed E-state index contributed by atoms with van der Waals surface area (Å²) in [7, 11) is 0. The number of hydrogen-bond acceptors (Lipinski definition) is 3. The molecular formula is C13H13ClN2OS. The van der Waals surface area contributed by atoms with Crippen molar-refractivity contribution in [3.63, 3.8) is 0 Å². The van der Waals surface area contributed by atoms with Crippen LogP contribution >= 0.6 is 22.9 Å². The Kier molecular flexibility index (Phi) is 3.99. The van der Waals surface area contributed by atoms with Crippen molar-refractivity contribution in [3.8, 4) is 0 Å². The van der Waals surface area contributed by atoms with Gasteiger partial charge in [0.15, 0.2) is 0 Å². The first-order chi connectivity index (χ1) is 8.56. The van der Waals surface area contributed by atoms with Gasteiger partial charge in [0.1, 0.15) is 4.88 Å². The summed E-state index contributed by atoms with van der Waals surface area (Å²) in [6, 6.07) is 7.44. The van der Waals surface area contributed by atoms with Gasteiger partial charge in [-0.3, -0.25) is 4.79 Å². The molecule has 0 spiro atoms. The first-order valence-corrected chi connectivity index (χ1v) is 6.72. The predicted octanol–water partition coefficient (Wildman–Crippen LogP) is 3.34. The van der Waals surface area contributed by atoms with E-state index in [1.54, 1.807) is 0 Å². The maximum Gasteiger partial charge on any atom is 0.263 e. The zero-order valence-electron chi connectivity index (χ0n) is 10.2. The van der Waals surface area contributed by atoms with Crippen LogP contribution in [0.5, 0.6) is 0 Å². The number of nitrogens with one attached hydrogen (secondary N) is 1. The Morgan fingerprint density at radius 3 is 2.83 bits per heavy atom. The van der Waals surface area contributed by atoms with Crippen LogP contribution in [0, 0.1) is 13.8 Å². The number of halogens is 1. The SMILES string of the molecule is Cc1nc(C)c(C(=O)NCc2cccc(Cl)c2)s1. The lowest BCUT2D eigenvalue weighted by Crippen LogP contribution is -2.22. The molecular weight excluding hydrogens is 268 g/mol. The zero-order valence-corrected chi connectivity index (χ0v) is 11.7. The standard InChI is InChI=1S/C13H13ClN2OS/c1-8-12(18-9(2)16-8)13(17)15-7-10-4-3-5-11(14)6-10/h3-6H,7H2,1-2H3,(H,15,17). The van der Waals surface area contributed by atoms with Crippen LogP contribution in [-0.2, 0) is 6.54 Å². The minimum atomic E-state index is -0.0851. The van der Waals surface area contributed by atoms with E-state index in [4.69, 9.17) is 11.6 Å². The van der Waals surface area contributed by atoms with Crippen molar-refractivity contribution in [1.82, 2.24) is 10.3 Å². The first kappa shape index (κ1) is 13.1. The average Bonchev–Trinajstić information content (AvgIpc) is 2.66. The maximum atomic E-state index is 12.0. The van der Waals surface area contributed by atoms with E-state index in [2.05, 4.69) is 10.3 Å². The van der Waals surface area contributed by atoms with Crippen molar-refractivity contribution in [2.24, 2.45) is 0 Å². The third kappa shape index (κ3) is 3.09. The van der Waals surface area contributed by atoms with Crippen LogP contribution in [0.1, 0.15) is 25.9 Å². The number of benzene rings is 1. The van der Waals surface area contributed by atoms with Gasteiger partial charge in [-0.1, -0.05) is 23.7 Å². The maximum absolute atomic E-state index is 12.0. The fraction of sp³-hybridized carbons (Fsp3) is 0.231. The molecule has 0 fully saturated rings. The smallest absolute Gasteiger partial charge is 0.263 e. The predicted molar refractivity (Wildman–Crippen MR) is 74.2 cm³/mol. The van der Waals surface area contributed by atoms with Gasteiger partial charge in [0.2, 0.25) is 0 Å². The van der Waals surface area contributed by atoms with E-state index >= 15 is 0 Å². The van der Waals surface area contributed by atoms with E-state index in [1.807, 2.05) is 38.1 Å². The molecule has 2 rings (SSSR count). The summed E-state index contributed by atoms with van der Waals surface area (Å²) >= 11 is 7.30. The lowest BCUT2D eigenvalue weighted by molar-refractivity contribution is 0.0954. The molecule has 0 atom stereocenters. The highest BCUT2D eigenvalue weighted by Gasteiger charge is 2.13. The lowest BCUT2D eigenvalue weighted by Gasteiger charge is -2.04. The summed E-state index contributed by atoms with van der Waals surface area (Å²) in [6.07, 6.45) is 0. The Balaban J connectivity index is 2.03. The summed E-state index contributed by atoms with van der Waals surface area (Å²) < 4.78 is 0. The quantitative estimate of drug-likeness (QED) is 0.937. The van der Waals surface area contributed by atoms with Gasteiger partial charge in [0.25, 0.3) is 5.91 Å². The molecule has 0 radical (unpaired) electrons. The van der Waals surface area contributed by atoms with Crippen LogP contribution in [0.4, 0.5) is 0 Å². The Hall–Kier alpha value is -1.39. The van der Waals surface area contributed by atoms with Crippen molar-refractivity contribution < 1.29 is 4.79 Å². The summed E-state index contributed by atoms with van der Waals surface area (Å²) in [5.41, 5.74) is 1.76. The Morgan fingerprint density at radius 1 is 1.44 bits per heavy atom. The Bertz CT molecular complexity index is 580. The fourth-order valence-corrected chi connectivity index (χ4v) is 2.70. The Labute approximate surface area is 115 Å². The number of hydrogen-bond donors (Lipinski definition) is 1. The van der Waals surface area contributed by atoms with Crippen molar-refractivity contribution in [2.45, 2.75) is 20.4 Å². The number of aryl methyl sites for hydroxylation is 2. The van der Waals surface area contributed by atoms with Gasteiger partial charge in [0, 0.05) is 11.6 Å². The topological polar surface area (TPSA) is 42.0 Å². The molecule has 5 heteroatoms. The minimum absolute atomic E-state index is 0.0851. The third-order valence-electron chi connectivity index (χ3n) is 2.45. The molecule has 1 aromatic heterocycles. The Morgan fingerprint density at radius 2 is 2.22 bits per heavy atom. The first-order valence-electron chi connectivity index (χ1n) is 5.53. The van der Waals surface area contributed by atoms with Gasteiger partial charge in [-0.15, -0.1) is 11.3 Å².